The highest BCUT2D eigenvalue weighted by Crippen LogP contribution is 2.31. The predicted octanol–water partition coefficient (Wildman–Crippen LogP) is 4.93. The van der Waals surface area contributed by atoms with Gasteiger partial charge >= 0.3 is 6.18 Å². The average Bonchev–Trinajstić information content (AvgIpc) is 2.62. The van der Waals surface area contributed by atoms with Crippen molar-refractivity contribution in [2.45, 2.75) is 37.9 Å². The average molecular weight is 400 g/mol. The Hall–Kier alpha value is -3.09. The molecule has 0 radical (unpaired) electrons. The van der Waals surface area contributed by atoms with Crippen molar-refractivity contribution >= 4 is 22.4 Å². The van der Waals surface area contributed by atoms with Crippen LogP contribution in [-0.2, 0) is 17.4 Å². The van der Waals surface area contributed by atoms with E-state index < -0.39 is 11.7 Å². The molecule has 0 aliphatic heterocycles. The van der Waals surface area contributed by atoms with Gasteiger partial charge in [0, 0.05) is 28.7 Å². The summed E-state index contributed by atoms with van der Waals surface area (Å²) in [6.45, 7) is 0. The molecule has 29 heavy (non-hydrogen) atoms. The third kappa shape index (κ3) is 3.90. The molecule has 1 aliphatic carbocycles. The molecule has 1 fully saturated rings. The Bertz CT molecular complexity index is 1110. The SMILES string of the molecule is O=C(Cc1ccc(C(F)(F)F)cc1)Nc1cccc2c(=O)n(C3CCC3)ccc12. The molecule has 0 saturated heterocycles. The highest BCUT2D eigenvalue weighted by atomic mass is 19.4. The van der Waals surface area contributed by atoms with E-state index in [9.17, 15) is 22.8 Å². The number of nitrogens with one attached hydrogen (secondary N) is 1. The number of fused-ring (bicyclic) bond motifs is 1. The molecule has 1 amide bonds. The Morgan fingerprint density at radius 3 is 2.38 bits per heavy atom. The number of rotatable bonds is 4. The van der Waals surface area contributed by atoms with Crippen LogP contribution in [0.2, 0.25) is 0 Å². The van der Waals surface area contributed by atoms with E-state index in [-0.39, 0.29) is 23.9 Å². The van der Waals surface area contributed by atoms with E-state index in [1.54, 1.807) is 29.0 Å². The van der Waals surface area contributed by atoms with Crippen molar-refractivity contribution in [3.05, 3.63) is 76.2 Å². The van der Waals surface area contributed by atoms with Gasteiger partial charge < -0.3 is 9.88 Å². The lowest BCUT2D eigenvalue weighted by Crippen LogP contribution is -2.28. The van der Waals surface area contributed by atoms with E-state index in [4.69, 9.17) is 0 Å². The Balaban J connectivity index is 1.53. The van der Waals surface area contributed by atoms with E-state index in [1.807, 2.05) is 6.07 Å². The fourth-order valence-corrected chi connectivity index (χ4v) is 3.55. The normalized spacial score (nSPS) is 14.6. The Kier molecular flexibility index (Phi) is 4.90. The molecule has 4 nitrogen and oxygen atoms in total. The smallest absolute Gasteiger partial charge is 0.325 e. The maximum Gasteiger partial charge on any atom is 0.416 e. The lowest BCUT2D eigenvalue weighted by molar-refractivity contribution is -0.137. The molecule has 3 aromatic rings. The van der Waals surface area contributed by atoms with Gasteiger partial charge in [-0.05, 0) is 55.2 Å². The van der Waals surface area contributed by atoms with Gasteiger partial charge in [0.05, 0.1) is 12.0 Å². The summed E-state index contributed by atoms with van der Waals surface area (Å²) in [4.78, 5) is 25.2. The number of hydrogen-bond donors (Lipinski definition) is 1. The number of halogens is 3. The molecule has 1 aromatic heterocycles. The van der Waals surface area contributed by atoms with Gasteiger partial charge in [-0.25, -0.2) is 0 Å². The Morgan fingerprint density at radius 1 is 1.03 bits per heavy atom. The molecule has 2 aromatic carbocycles. The molecular weight excluding hydrogens is 381 g/mol. The summed E-state index contributed by atoms with van der Waals surface area (Å²) < 4.78 is 39.7. The summed E-state index contributed by atoms with van der Waals surface area (Å²) in [5.41, 5.74) is 0.157. The van der Waals surface area contributed by atoms with E-state index in [2.05, 4.69) is 5.32 Å². The van der Waals surface area contributed by atoms with Crippen LogP contribution in [0, 0.1) is 0 Å². The number of carbonyl (C=O) groups is 1. The fraction of sp³-hybridized carbons (Fsp3) is 0.273. The number of hydrogen-bond acceptors (Lipinski definition) is 2. The minimum Gasteiger partial charge on any atom is -0.325 e. The summed E-state index contributed by atoms with van der Waals surface area (Å²) in [7, 11) is 0. The quantitative estimate of drug-likeness (QED) is 0.675. The van der Waals surface area contributed by atoms with Gasteiger partial charge in [0.1, 0.15) is 0 Å². The third-order valence-electron chi connectivity index (χ3n) is 5.36. The van der Waals surface area contributed by atoms with Gasteiger partial charge in [0.2, 0.25) is 5.91 Å². The van der Waals surface area contributed by atoms with Gasteiger partial charge in [-0.3, -0.25) is 9.59 Å². The van der Waals surface area contributed by atoms with Crippen LogP contribution in [0.3, 0.4) is 0 Å². The summed E-state index contributed by atoms with van der Waals surface area (Å²) in [6, 6.07) is 11.7. The summed E-state index contributed by atoms with van der Waals surface area (Å²) in [5, 5.41) is 3.95. The molecule has 1 N–H and O–H groups in total. The molecule has 0 bridgehead atoms. The molecule has 4 rings (SSSR count). The molecule has 0 atom stereocenters. The highest BCUT2D eigenvalue weighted by molar-refractivity contribution is 6.02. The topological polar surface area (TPSA) is 51.1 Å². The number of aromatic nitrogens is 1. The van der Waals surface area contributed by atoms with Crippen LogP contribution in [0.1, 0.15) is 36.4 Å². The zero-order chi connectivity index (χ0) is 20.6. The lowest BCUT2D eigenvalue weighted by atomic mass is 9.92. The van der Waals surface area contributed by atoms with E-state index in [0.29, 0.717) is 22.0 Å². The predicted molar refractivity (Wildman–Crippen MR) is 105 cm³/mol. The second-order valence-electron chi connectivity index (χ2n) is 7.30. The minimum atomic E-state index is -4.41. The summed E-state index contributed by atoms with van der Waals surface area (Å²) in [5.74, 6) is -0.361. The van der Waals surface area contributed by atoms with E-state index in [1.165, 1.54) is 12.1 Å². The van der Waals surface area contributed by atoms with Crippen molar-refractivity contribution in [2.24, 2.45) is 0 Å². The monoisotopic (exact) mass is 400 g/mol. The van der Waals surface area contributed by atoms with Crippen molar-refractivity contribution in [3.8, 4) is 0 Å². The molecule has 1 heterocycles. The first kappa shape index (κ1) is 19.2. The highest BCUT2D eigenvalue weighted by Gasteiger charge is 2.30. The van der Waals surface area contributed by atoms with Gasteiger partial charge in [-0.1, -0.05) is 18.2 Å². The van der Waals surface area contributed by atoms with Crippen LogP contribution in [0.4, 0.5) is 18.9 Å². The second kappa shape index (κ2) is 7.39. The maximum absolute atomic E-state index is 12.8. The van der Waals surface area contributed by atoms with Crippen LogP contribution in [-0.4, -0.2) is 10.5 Å². The Morgan fingerprint density at radius 2 is 1.76 bits per heavy atom. The lowest BCUT2D eigenvalue weighted by Gasteiger charge is -2.27. The van der Waals surface area contributed by atoms with E-state index in [0.717, 1.165) is 31.4 Å². The van der Waals surface area contributed by atoms with Crippen molar-refractivity contribution in [1.82, 2.24) is 4.57 Å². The van der Waals surface area contributed by atoms with Crippen LogP contribution >= 0.6 is 0 Å². The number of amides is 1. The minimum absolute atomic E-state index is 0.0618. The van der Waals surface area contributed by atoms with Crippen molar-refractivity contribution in [1.29, 1.82) is 0 Å². The molecule has 1 saturated carbocycles. The van der Waals surface area contributed by atoms with Gasteiger partial charge in [0.25, 0.3) is 5.56 Å². The molecule has 0 spiro atoms. The standard InChI is InChI=1S/C22H19F3N2O2/c23-22(24,25)15-9-7-14(8-10-15)13-20(28)26-19-6-2-5-18-17(19)11-12-27(21(18)29)16-3-1-4-16/h2,5-12,16H,1,3-4,13H2,(H,26,28). The van der Waals surface area contributed by atoms with Gasteiger partial charge in [-0.15, -0.1) is 0 Å². The van der Waals surface area contributed by atoms with Crippen molar-refractivity contribution in [2.75, 3.05) is 5.32 Å². The molecular formula is C22H19F3N2O2. The first-order valence-corrected chi connectivity index (χ1v) is 9.43. The summed E-state index contributed by atoms with van der Waals surface area (Å²) in [6.07, 6.45) is 0.406. The number of benzene rings is 2. The van der Waals surface area contributed by atoms with Crippen LogP contribution in [0.15, 0.2) is 59.5 Å². The van der Waals surface area contributed by atoms with Crippen LogP contribution in [0.5, 0.6) is 0 Å². The number of pyridine rings is 1. The largest absolute Gasteiger partial charge is 0.416 e. The fourth-order valence-electron chi connectivity index (χ4n) is 3.55. The zero-order valence-electron chi connectivity index (χ0n) is 15.5. The number of nitrogens with zero attached hydrogens (tertiary/aromatic N) is 1. The first-order valence-electron chi connectivity index (χ1n) is 9.43. The number of anilines is 1. The second-order valence-corrected chi connectivity index (χ2v) is 7.30. The molecule has 0 unspecified atom stereocenters. The van der Waals surface area contributed by atoms with Gasteiger partial charge in [0.15, 0.2) is 0 Å². The summed E-state index contributed by atoms with van der Waals surface area (Å²) >= 11 is 0. The van der Waals surface area contributed by atoms with Gasteiger partial charge in [-0.2, -0.15) is 13.2 Å². The third-order valence-corrected chi connectivity index (χ3v) is 5.36. The van der Waals surface area contributed by atoms with E-state index >= 15 is 0 Å². The van der Waals surface area contributed by atoms with Crippen molar-refractivity contribution in [3.63, 3.8) is 0 Å². The number of alkyl halides is 3. The Labute approximate surface area is 165 Å². The van der Waals surface area contributed by atoms with Crippen LogP contribution in [0.25, 0.3) is 10.8 Å². The van der Waals surface area contributed by atoms with Crippen LogP contribution < -0.4 is 10.9 Å². The zero-order valence-corrected chi connectivity index (χ0v) is 15.5. The maximum atomic E-state index is 12.8. The molecule has 1 aliphatic rings. The first-order chi connectivity index (χ1) is 13.8. The van der Waals surface area contributed by atoms with Crippen molar-refractivity contribution < 1.29 is 18.0 Å². The molecule has 7 heteroatoms. The number of carbonyl (C=O) groups excluding carboxylic acids is 1. The molecule has 150 valence electrons.